The summed E-state index contributed by atoms with van der Waals surface area (Å²) < 4.78 is 4.50. The SMILES string of the molecule is COCBOO. The highest BCUT2D eigenvalue weighted by Crippen LogP contribution is 1.60. The van der Waals surface area contributed by atoms with Gasteiger partial charge in [0, 0.05) is 7.11 Å². The molecule has 0 heterocycles. The zero-order chi connectivity index (χ0) is 4.83. The lowest BCUT2D eigenvalue weighted by Gasteiger charge is -1.87. The van der Waals surface area contributed by atoms with Gasteiger partial charge in [0.2, 0.25) is 0 Å². The van der Waals surface area contributed by atoms with Crippen molar-refractivity contribution < 1.29 is 14.8 Å². The van der Waals surface area contributed by atoms with Gasteiger partial charge >= 0.3 is 7.48 Å². The molecule has 0 spiro atoms. The van der Waals surface area contributed by atoms with Crippen LogP contribution in [0.2, 0.25) is 0 Å². The lowest BCUT2D eigenvalue weighted by atomic mass is 10.1. The van der Waals surface area contributed by atoms with E-state index in [1.807, 2.05) is 0 Å². The summed E-state index contributed by atoms with van der Waals surface area (Å²) in [4.78, 5) is 3.66. The lowest BCUT2D eigenvalue weighted by molar-refractivity contribution is -0.140. The van der Waals surface area contributed by atoms with Crippen LogP contribution in [0, 0.1) is 0 Å². The number of hydrogen-bond acceptors (Lipinski definition) is 3. The van der Waals surface area contributed by atoms with E-state index in [0.717, 1.165) is 0 Å². The summed E-state index contributed by atoms with van der Waals surface area (Å²) in [6.45, 7) is 0.441. The van der Waals surface area contributed by atoms with E-state index in [9.17, 15) is 0 Å². The first-order chi connectivity index (χ1) is 2.91. The fraction of sp³-hybridized carbons (Fsp3) is 1.00. The van der Waals surface area contributed by atoms with Crippen molar-refractivity contribution in [2.75, 3.05) is 13.6 Å². The average molecular weight is 89.9 g/mol. The molecule has 0 saturated carbocycles. The second-order valence-corrected chi connectivity index (χ2v) is 0.826. The molecule has 0 rings (SSSR count). The summed E-state index contributed by atoms with van der Waals surface area (Å²) in [7, 11) is 1.79. The van der Waals surface area contributed by atoms with Gasteiger partial charge in [-0.25, -0.2) is 0 Å². The molecular weight excluding hydrogens is 82.8 g/mol. The van der Waals surface area contributed by atoms with Crippen LogP contribution < -0.4 is 0 Å². The molecule has 0 radical (unpaired) electrons. The van der Waals surface area contributed by atoms with E-state index in [1.54, 1.807) is 7.11 Å². The number of ether oxygens (including phenoxy) is 1. The van der Waals surface area contributed by atoms with Gasteiger partial charge in [0.05, 0.1) is 6.51 Å². The van der Waals surface area contributed by atoms with Gasteiger partial charge in [-0.2, -0.15) is 0 Å². The Labute approximate surface area is 37.1 Å². The molecule has 0 aliphatic rings. The molecule has 0 bridgehead atoms. The molecule has 0 aliphatic carbocycles. The lowest BCUT2D eigenvalue weighted by Crippen LogP contribution is -2.02. The van der Waals surface area contributed by atoms with Crippen molar-refractivity contribution in [3.63, 3.8) is 0 Å². The van der Waals surface area contributed by atoms with Crippen molar-refractivity contribution in [3.05, 3.63) is 0 Å². The molecule has 0 fully saturated rings. The van der Waals surface area contributed by atoms with Crippen molar-refractivity contribution in [1.82, 2.24) is 0 Å². The third-order valence-corrected chi connectivity index (χ3v) is 0.379. The third kappa shape index (κ3) is 3.94. The molecule has 36 valence electrons. The number of rotatable bonds is 3. The molecule has 3 nitrogen and oxygen atoms in total. The molecule has 0 aromatic rings. The van der Waals surface area contributed by atoms with Crippen molar-refractivity contribution in [3.8, 4) is 0 Å². The van der Waals surface area contributed by atoms with E-state index in [1.165, 1.54) is 0 Å². The van der Waals surface area contributed by atoms with Gasteiger partial charge in [-0.15, -0.1) is 0 Å². The van der Waals surface area contributed by atoms with E-state index >= 15 is 0 Å². The van der Waals surface area contributed by atoms with Crippen LogP contribution in [-0.2, 0) is 9.54 Å². The van der Waals surface area contributed by atoms with Gasteiger partial charge in [-0.1, -0.05) is 0 Å². The van der Waals surface area contributed by atoms with Crippen molar-refractivity contribution >= 4 is 7.48 Å². The minimum atomic E-state index is 0.247. The smallest absolute Gasteiger partial charge is 0.349 e. The maximum Gasteiger partial charge on any atom is 0.349 e. The summed E-state index contributed by atoms with van der Waals surface area (Å²) >= 11 is 0. The van der Waals surface area contributed by atoms with Crippen molar-refractivity contribution in [2.45, 2.75) is 0 Å². The summed E-state index contributed by atoms with van der Waals surface area (Å²) in [5.74, 6) is 0. The fourth-order valence-corrected chi connectivity index (χ4v) is 0.121. The van der Waals surface area contributed by atoms with Crippen molar-refractivity contribution in [1.29, 1.82) is 0 Å². The highest BCUT2D eigenvalue weighted by molar-refractivity contribution is 6.26. The average Bonchev–Trinajstić information content (AvgIpc) is 1.61. The third-order valence-electron chi connectivity index (χ3n) is 0.379. The van der Waals surface area contributed by atoms with E-state index < -0.39 is 0 Å². The predicted octanol–water partition coefficient (Wildman–Crippen LogP) is -0.569. The zero-order valence-electron chi connectivity index (χ0n) is 3.68. The molecule has 0 aromatic heterocycles. The number of hydrogen-bond donors (Lipinski definition) is 1. The van der Waals surface area contributed by atoms with Gasteiger partial charge < -0.3 is 9.54 Å². The monoisotopic (exact) mass is 90.0 g/mol. The molecule has 0 amide bonds. The minimum absolute atomic E-state index is 0.247. The molecular formula is C2H7BO3. The van der Waals surface area contributed by atoms with Gasteiger partial charge in [-0.05, 0) is 0 Å². The Morgan fingerprint density at radius 1 is 1.83 bits per heavy atom. The summed E-state index contributed by atoms with van der Waals surface area (Å²) in [6.07, 6.45) is 0. The van der Waals surface area contributed by atoms with Crippen LogP contribution in [0.4, 0.5) is 0 Å². The van der Waals surface area contributed by atoms with Crippen molar-refractivity contribution in [2.24, 2.45) is 0 Å². The minimum Gasteiger partial charge on any atom is -0.390 e. The first kappa shape index (κ1) is 5.94. The largest absolute Gasteiger partial charge is 0.390 e. The van der Waals surface area contributed by atoms with Gasteiger partial charge in [0.1, 0.15) is 0 Å². The highest BCUT2D eigenvalue weighted by Gasteiger charge is 1.82. The Morgan fingerprint density at radius 2 is 2.50 bits per heavy atom. The standard InChI is InChI=1S/C2H7BO3/c1-5-2-3-6-4/h3-4H,2H2,1H3. The van der Waals surface area contributed by atoms with E-state index in [4.69, 9.17) is 5.26 Å². The van der Waals surface area contributed by atoms with Crippen LogP contribution in [0.15, 0.2) is 0 Å². The molecule has 6 heavy (non-hydrogen) atoms. The normalized spacial score (nSPS) is 8.33. The summed E-state index contributed by atoms with van der Waals surface area (Å²) in [6, 6.07) is 0. The highest BCUT2D eigenvalue weighted by atomic mass is 17.1. The molecule has 4 heteroatoms. The molecule has 0 aromatic carbocycles. The maximum atomic E-state index is 7.62. The van der Waals surface area contributed by atoms with Crippen LogP contribution in [0.5, 0.6) is 0 Å². The topological polar surface area (TPSA) is 38.7 Å². The van der Waals surface area contributed by atoms with Crippen LogP contribution in [0.3, 0.4) is 0 Å². The van der Waals surface area contributed by atoms with Gasteiger partial charge in [0.15, 0.2) is 0 Å². The van der Waals surface area contributed by atoms with Crippen LogP contribution in [0.25, 0.3) is 0 Å². The van der Waals surface area contributed by atoms with E-state index in [-0.39, 0.29) is 7.48 Å². The first-order valence-corrected chi connectivity index (χ1v) is 1.67. The predicted molar refractivity (Wildman–Crippen MR) is 22.7 cm³/mol. The molecule has 0 atom stereocenters. The van der Waals surface area contributed by atoms with Crippen LogP contribution >= 0.6 is 0 Å². The fourth-order valence-electron chi connectivity index (χ4n) is 0.121. The molecule has 0 unspecified atom stereocenters. The second-order valence-electron chi connectivity index (χ2n) is 0.826. The Bertz CT molecular complexity index is 20.8. The summed E-state index contributed by atoms with van der Waals surface area (Å²) in [5.41, 5.74) is 0. The van der Waals surface area contributed by atoms with Crippen LogP contribution in [0.1, 0.15) is 0 Å². The van der Waals surface area contributed by atoms with Gasteiger partial charge in [-0.3, -0.25) is 5.26 Å². The van der Waals surface area contributed by atoms with Gasteiger partial charge in [0.25, 0.3) is 0 Å². The number of methoxy groups -OCH3 is 1. The quantitative estimate of drug-likeness (QED) is 0.218. The maximum absolute atomic E-state index is 7.62. The first-order valence-electron chi connectivity index (χ1n) is 1.67. The molecule has 0 aliphatic heterocycles. The Balaban J connectivity index is 2.34. The Kier molecular flexibility index (Phi) is 4.90. The van der Waals surface area contributed by atoms with E-state index in [0.29, 0.717) is 6.51 Å². The second kappa shape index (κ2) is 4.94. The summed E-state index contributed by atoms with van der Waals surface area (Å²) in [5, 5.41) is 7.62. The Hall–Kier alpha value is -0.0551. The zero-order valence-corrected chi connectivity index (χ0v) is 3.68. The Morgan fingerprint density at radius 3 is 2.67 bits per heavy atom. The molecule has 1 N–H and O–H groups in total. The van der Waals surface area contributed by atoms with Crippen LogP contribution in [-0.4, -0.2) is 26.4 Å². The molecule has 0 saturated heterocycles. The van der Waals surface area contributed by atoms with E-state index in [2.05, 4.69) is 9.54 Å².